The Balaban J connectivity index is 2.15. The van der Waals surface area contributed by atoms with E-state index in [0.717, 1.165) is 5.56 Å². The molecule has 0 unspecified atom stereocenters. The van der Waals surface area contributed by atoms with Crippen molar-refractivity contribution >= 4 is 29.2 Å². The molecule has 2 aromatic rings. The van der Waals surface area contributed by atoms with Crippen LogP contribution in [-0.2, 0) is 14.3 Å². The summed E-state index contributed by atoms with van der Waals surface area (Å²) in [5.74, 6) is -0.608. The number of nitrogens with zero attached hydrogens (tertiary/aromatic N) is 1. The zero-order chi connectivity index (χ0) is 20.0. The zero-order valence-electron chi connectivity index (χ0n) is 15.7. The summed E-state index contributed by atoms with van der Waals surface area (Å²) in [6.07, 6.45) is 0. The van der Waals surface area contributed by atoms with Crippen LogP contribution in [0.25, 0.3) is 0 Å². The number of anilines is 2. The third-order valence-corrected chi connectivity index (χ3v) is 3.90. The highest BCUT2D eigenvalue weighted by atomic mass is 16.5. The molecule has 7 heteroatoms. The third-order valence-electron chi connectivity index (χ3n) is 3.90. The van der Waals surface area contributed by atoms with Crippen LogP contribution in [0, 0.1) is 6.92 Å². The fraction of sp³-hybridized carbons (Fsp3) is 0.250. The van der Waals surface area contributed by atoms with E-state index < -0.39 is 5.97 Å². The number of carbonyl (C=O) groups excluding carboxylic acids is 3. The lowest BCUT2D eigenvalue weighted by atomic mass is 10.2. The SMILES string of the molecule is COC(=O)c1ccc(NC(=O)CN(C(C)=O)c2cc(C)ccc2OC)cc1. The van der Waals surface area contributed by atoms with E-state index in [1.165, 1.54) is 26.0 Å². The third kappa shape index (κ3) is 5.07. The number of benzene rings is 2. The lowest BCUT2D eigenvalue weighted by molar-refractivity contribution is -0.120. The molecule has 0 spiro atoms. The van der Waals surface area contributed by atoms with Crippen LogP contribution in [-0.4, -0.2) is 38.5 Å². The number of amides is 2. The molecule has 0 bridgehead atoms. The molecule has 0 heterocycles. The van der Waals surface area contributed by atoms with Crippen LogP contribution in [0.2, 0.25) is 0 Å². The average molecular weight is 370 g/mol. The monoisotopic (exact) mass is 370 g/mol. The van der Waals surface area contributed by atoms with Gasteiger partial charge in [-0.2, -0.15) is 0 Å². The molecular formula is C20H22N2O5. The second-order valence-corrected chi connectivity index (χ2v) is 5.90. The van der Waals surface area contributed by atoms with Crippen LogP contribution in [0.5, 0.6) is 5.75 Å². The van der Waals surface area contributed by atoms with Gasteiger partial charge in [-0.1, -0.05) is 6.07 Å². The van der Waals surface area contributed by atoms with Crippen LogP contribution in [0.3, 0.4) is 0 Å². The fourth-order valence-electron chi connectivity index (χ4n) is 2.53. The predicted molar refractivity (Wildman–Crippen MR) is 102 cm³/mol. The molecule has 0 aromatic heterocycles. The van der Waals surface area contributed by atoms with Gasteiger partial charge in [0, 0.05) is 12.6 Å². The van der Waals surface area contributed by atoms with Gasteiger partial charge >= 0.3 is 5.97 Å². The second kappa shape index (κ2) is 8.84. The number of nitrogens with one attached hydrogen (secondary N) is 1. The highest BCUT2D eigenvalue weighted by molar-refractivity contribution is 6.02. The molecule has 0 radical (unpaired) electrons. The minimum absolute atomic E-state index is 0.173. The van der Waals surface area contributed by atoms with E-state index in [2.05, 4.69) is 10.1 Å². The van der Waals surface area contributed by atoms with Crippen LogP contribution in [0.4, 0.5) is 11.4 Å². The molecule has 0 aliphatic heterocycles. The fourth-order valence-corrected chi connectivity index (χ4v) is 2.53. The molecule has 2 rings (SSSR count). The van der Waals surface area contributed by atoms with Crippen molar-refractivity contribution in [3.8, 4) is 5.75 Å². The van der Waals surface area contributed by atoms with Gasteiger partial charge in [0.05, 0.1) is 25.5 Å². The van der Waals surface area contributed by atoms with Crippen molar-refractivity contribution in [1.82, 2.24) is 0 Å². The van der Waals surface area contributed by atoms with Gasteiger partial charge in [0.25, 0.3) is 0 Å². The predicted octanol–water partition coefficient (Wildman–Crippen LogP) is 2.78. The van der Waals surface area contributed by atoms with E-state index in [4.69, 9.17) is 4.74 Å². The van der Waals surface area contributed by atoms with E-state index in [0.29, 0.717) is 22.7 Å². The first-order valence-electron chi connectivity index (χ1n) is 8.26. The van der Waals surface area contributed by atoms with Crippen molar-refractivity contribution in [1.29, 1.82) is 0 Å². The van der Waals surface area contributed by atoms with Gasteiger partial charge in [-0.3, -0.25) is 14.5 Å². The Morgan fingerprint density at radius 2 is 1.70 bits per heavy atom. The molecule has 27 heavy (non-hydrogen) atoms. The maximum Gasteiger partial charge on any atom is 0.337 e. The summed E-state index contributed by atoms with van der Waals surface area (Å²) in [5, 5.41) is 2.71. The average Bonchev–Trinajstić information content (AvgIpc) is 2.65. The van der Waals surface area contributed by atoms with Crippen LogP contribution < -0.4 is 15.0 Å². The Hall–Kier alpha value is -3.35. The van der Waals surface area contributed by atoms with Crippen LogP contribution >= 0.6 is 0 Å². The maximum absolute atomic E-state index is 12.4. The first-order chi connectivity index (χ1) is 12.8. The van der Waals surface area contributed by atoms with E-state index in [9.17, 15) is 14.4 Å². The number of esters is 1. The summed E-state index contributed by atoms with van der Waals surface area (Å²) in [6, 6.07) is 11.7. The summed E-state index contributed by atoms with van der Waals surface area (Å²) in [6.45, 7) is 3.11. The molecule has 0 fully saturated rings. The van der Waals surface area contributed by atoms with E-state index in [1.807, 2.05) is 13.0 Å². The van der Waals surface area contributed by atoms with Gasteiger partial charge < -0.3 is 14.8 Å². The zero-order valence-corrected chi connectivity index (χ0v) is 15.7. The van der Waals surface area contributed by atoms with E-state index >= 15 is 0 Å². The lowest BCUT2D eigenvalue weighted by Crippen LogP contribution is -2.37. The summed E-state index contributed by atoms with van der Waals surface area (Å²) in [7, 11) is 2.81. The number of carbonyl (C=O) groups is 3. The van der Waals surface area contributed by atoms with E-state index in [1.54, 1.807) is 36.4 Å². The smallest absolute Gasteiger partial charge is 0.337 e. The highest BCUT2D eigenvalue weighted by Gasteiger charge is 2.20. The number of hydrogen-bond acceptors (Lipinski definition) is 5. The highest BCUT2D eigenvalue weighted by Crippen LogP contribution is 2.29. The normalized spacial score (nSPS) is 10.1. The van der Waals surface area contributed by atoms with Gasteiger partial charge in [0.2, 0.25) is 11.8 Å². The van der Waals surface area contributed by atoms with Crippen LogP contribution in [0.15, 0.2) is 42.5 Å². The van der Waals surface area contributed by atoms with Crippen molar-refractivity contribution in [3.63, 3.8) is 0 Å². The molecule has 7 nitrogen and oxygen atoms in total. The topological polar surface area (TPSA) is 84.9 Å². The van der Waals surface area contributed by atoms with Gasteiger partial charge in [0.1, 0.15) is 12.3 Å². The van der Waals surface area contributed by atoms with Gasteiger partial charge in [-0.15, -0.1) is 0 Å². The largest absolute Gasteiger partial charge is 0.495 e. The molecule has 142 valence electrons. The van der Waals surface area contributed by atoms with Crippen molar-refractivity contribution in [2.75, 3.05) is 31.0 Å². The molecule has 2 aromatic carbocycles. The Kier molecular flexibility index (Phi) is 6.54. The molecular weight excluding hydrogens is 348 g/mol. The van der Waals surface area contributed by atoms with Gasteiger partial charge in [-0.05, 0) is 48.9 Å². The standard InChI is InChI=1S/C20H22N2O5/c1-13-5-10-18(26-3)17(11-13)22(14(2)23)12-19(24)21-16-8-6-15(7-9-16)20(25)27-4/h5-11H,12H2,1-4H3,(H,21,24). The van der Waals surface area contributed by atoms with Crippen LogP contribution in [0.1, 0.15) is 22.8 Å². The quantitative estimate of drug-likeness (QED) is 0.791. The first-order valence-corrected chi connectivity index (χ1v) is 8.26. The van der Waals surface area contributed by atoms with Crippen molar-refractivity contribution in [2.45, 2.75) is 13.8 Å². The van der Waals surface area contributed by atoms with E-state index in [-0.39, 0.29) is 18.4 Å². The second-order valence-electron chi connectivity index (χ2n) is 5.90. The van der Waals surface area contributed by atoms with Crippen molar-refractivity contribution in [2.24, 2.45) is 0 Å². The molecule has 0 aliphatic rings. The van der Waals surface area contributed by atoms with Crippen molar-refractivity contribution in [3.05, 3.63) is 53.6 Å². The number of aryl methyl sites for hydroxylation is 1. The number of ether oxygens (including phenoxy) is 2. The number of methoxy groups -OCH3 is 2. The summed E-state index contributed by atoms with van der Waals surface area (Å²) in [5.41, 5.74) is 2.36. The Morgan fingerprint density at radius 3 is 2.26 bits per heavy atom. The molecule has 0 saturated heterocycles. The Labute approximate surface area is 157 Å². The summed E-state index contributed by atoms with van der Waals surface area (Å²) >= 11 is 0. The van der Waals surface area contributed by atoms with Gasteiger partial charge in [-0.25, -0.2) is 4.79 Å². The van der Waals surface area contributed by atoms with Gasteiger partial charge in [0.15, 0.2) is 0 Å². The molecule has 0 atom stereocenters. The molecule has 0 saturated carbocycles. The molecule has 1 N–H and O–H groups in total. The lowest BCUT2D eigenvalue weighted by Gasteiger charge is -2.23. The maximum atomic E-state index is 12.4. The minimum atomic E-state index is -0.456. The Morgan fingerprint density at radius 1 is 1.04 bits per heavy atom. The van der Waals surface area contributed by atoms with Crippen molar-refractivity contribution < 1.29 is 23.9 Å². The molecule has 2 amide bonds. The Bertz CT molecular complexity index is 846. The first kappa shape index (κ1) is 20.0. The number of rotatable bonds is 6. The minimum Gasteiger partial charge on any atom is -0.495 e. The summed E-state index contributed by atoms with van der Waals surface area (Å²) < 4.78 is 9.94. The number of hydrogen-bond donors (Lipinski definition) is 1. The molecule has 0 aliphatic carbocycles. The summed E-state index contributed by atoms with van der Waals surface area (Å²) in [4.78, 5) is 37.3.